The fourth-order valence-corrected chi connectivity index (χ4v) is 2.60. The number of hydrogen-bond donors (Lipinski definition) is 3. The fraction of sp³-hybridized carbons (Fsp3) is 0.333. The molecule has 4 N–H and O–H groups in total. The molecule has 0 bridgehead atoms. The van der Waals surface area contributed by atoms with Crippen molar-refractivity contribution < 1.29 is 4.79 Å². The van der Waals surface area contributed by atoms with Crippen LogP contribution in [0, 0.1) is 19.3 Å². The molecule has 0 aromatic heterocycles. The fourth-order valence-electron chi connectivity index (χ4n) is 1.91. The number of benzene rings is 1. The largest absolute Gasteiger partial charge is 0.370 e. The summed E-state index contributed by atoms with van der Waals surface area (Å²) in [5, 5.41) is 9.41. The monoisotopic (exact) mass is 312 g/mol. The Morgan fingerprint density at radius 3 is 2.33 bits per heavy atom. The first-order chi connectivity index (χ1) is 8.36. The van der Waals surface area contributed by atoms with Gasteiger partial charge in [0.15, 0.2) is 5.96 Å². The predicted octanol–water partition coefficient (Wildman–Crippen LogP) is 2.50. The van der Waals surface area contributed by atoms with Crippen LogP contribution < -0.4 is 16.0 Å². The molecule has 0 radical (unpaired) electrons. The lowest BCUT2D eigenvalue weighted by atomic mass is 10.1. The zero-order chi connectivity index (χ0) is 13.9. The van der Waals surface area contributed by atoms with Gasteiger partial charge < -0.3 is 5.73 Å². The quantitative estimate of drug-likeness (QED) is 0.579. The van der Waals surface area contributed by atoms with Crippen LogP contribution in [0.2, 0.25) is 0 Å². The first-order valence-corrected chi connectivity index (χ1v) is 6.35. The molecule has 6 heteroatoms. The molecular formula is C12H17BrN4O. The smallest absolute Gasteiger partial charge is 0.328 e. The number of aryl methyl sites for hydroxylation is 2. The van der Waals surface area contributed by atoms with Crippen LogP contribution in [-0.4, -0.2) is 18.5 Å². The number of nitrogens with two attached hydrogens (primary N) is 1. The van der Waals surface area contributed by atoms with E-state index in [0.717, 1.165) is 21.3 Å². The summed E-state index contributed by atoms with van der Waals surface area (Å²) in [5.41, 5.74) is 8.00. The van der Waals surface area contributed by atoms with Crippen molar-refractivity contribution in [3.8, 4) is 0 Å². The van der Waals surface area contributed by atoms with E-state index in [0.29, 0.717) is 6.54 Å². The first-order valence-electron chi connectivity index (χ1n) is 5.56. The van der Waals surface area contributed by atoms with Gasteiger partial charge >= 0.3 is 6.03 Å². The minimum atomic E-state index is -0.390. The zero-order valence-corrected chi connectivity index (χ0v) is 12.3. The van der Waals surface area contributed by atoms with Crippen molar-refractivity contribution in [1.82, 2.24) is 5.32 Å². The van der Waals surface area contributed by atoms with Gasteiger partial charge in [-0.15, -0.1) is 0 Å². The Balaban J connectivity index is 3.17. The van der Waals surface area contributed by atoms with Crippen LogP contribution in [0.1, 0.15) is 18.1 Å². The number of nitrogens with zero attached hydrogens (tertiary/aromatic N) is 1. The van der Waals surface area contributed by atoms with Crippen molar-refractivity contribution in [2.75, 3.05) is 11.4 Å². The Labute approximate surface area is 115 Å². The predicted molar refractivity (Wildman–Crippen MR) is 77.1 cm³/mol. The lowest BCUT2D eigenvalue weighted by molar-refractivity contribution is 0.250. The molecule has 0 saturated heterocycles. The standard InChI is InChI=1S/C12H17BrN4O/c1-4-17(12(18)16-11(14)15)10-7(2)5-9(13)6-8(10)3/h5-6H,4H2,1-3H3,(H4,14,15,16,18). The molecule has 0 heterocycles. The SMILES string of the molecule is CCN(C(=O)NC(=N)N)c1c(C)cc(Br)cc1C. The number of nitrogens with one attached hydrogen (secondary N) is 2. The molecule has 0 aliphatic rings. The third-order valence-electron chi connectivity index (χ3n) is 2.53. The van der Waals surface area contributed by atoms with E-state index in [4.69, 9.17) is 11.1 Å². The third-order valence-corrected chi connectivity index (χ3v) is 2.99. The van der Waals surface area contributed by atoms with Crippen LogP contribution in [0.5, 0.6) is 0 Å². The summed E-state index contributed by atoms with van der Waals surface area (Å²) in [7, 11) is 0. The number of hydrogen-bond acceptors (Lipinski definition) is 2. The summed E-state index contributed by atoms with van der Waals surface area (Å²) < 4.78 is 0.976. The average molecular weight is 313 g/mol. The van der Waals surface area contributed by atoms with Crippen LogP contribution in [0.3, 0.4) is 0 Å². The van der Waals surface area contributed by atoms with Crippen LogP contribution in [0.4, 0.5) is 10.5 Å². The van der Waals surface area contributed by atoms with Crippen molar-refractivity contribution in [2.45, 2.75) is 20.8 Å². The number of carbonyl (C=O) groups is 1. The molecule has 0 atom stereocenters. The van der Waals surface area contributed by atoms with E-state index in [1.54, 1.807) is 4.90 Å². The summed E-state index contributed by atoms with van der Waals surface area (Å²) in [4.78, 5) is 13.5. The molecule has 0 aliphatic carbocycles. The molecular weight excluding hydrogens is 296 g/mol. The van der Waals surface area contributed by atoms with Gasteiger partial charge in [-0.1, -0.05) is 15.9 Å². The van der Waals surface area contributed by atoms with Crippen LogP contribution in [0.25, 0.3) is 0 Å². The number of amides is 2. The van der Waals surface area contributed by atoms with Gasteiger partial charge in [-0.3, -0.25) is 15.6 Å². The Morgan fingerprint density at radius 2 is 1.94 bits per heavy atom. The van der Waals surface area contributed by atoms with Crippen molar-refractivity contribution in [3.05, 3.63) is 27.7 Å². The number of guanidine groups is 1. The molecule has 5 nitrogen and oxygen atoms in total. The molecule has 0 unspecified atom stereocenters. The molecule has 0 spiro atoms. The van der Waals surface area contributed by atoms with Gasteiger partial charge in [0.1, 0.15) is 0 Å². The molecule has 0 saturated carbocycles. The second kappa shape index (κ2) is 5.86. The van der Waals surface area contributed by atoms with E-state index in [-0.39, 0.29) is 5.96 Å². The molecule has 2 amide bonds. The third kappa shape index (κ3) is 3.22. The maximum atomic E-state index is 12.0. The summed E-state index contributed by atoms with van der Waals surface area (Å²) in [6, 6.07) is 3.51. The molecule has 1 aromatic carbocycles. The summed E-state index contributed by atoms with van der Waals surface area (Å²) in [5.74, 6) is -0.356. The number of anilines is 1. The van der Waals surface area contributed by atoms with E-state index in [1.807, 2.05) is 32.9 Å². The highest BCUT2D eigenvalue weighted by Crippen LogP contribution is 2.28. The molecule has 1 aromatic rings. The average Bonchev–Trinajstić information content (AvgIpc) is 2.21. The highest BCUT2D eigenvalue weighted by molar-refractivity contribution is 9.10. The van der Waals surface area contributed by atoms with E-state index in [9.17, 15) is 4.79 Å². The highest BCUT2D eigenvalue weighted by atomic mass is 79.9. The second-order valence-electron chi connectivity index (χ2n) is 3.98. The Hall–Kier alpha value is -1.56. The summed E-state index contributed by atoms with van der Waals surface area (Å²) in [6.07, 6.45) is 0. The van der Waals surface area contributed by atoms with Gasteiger partial charge in [-0.2, -0.15) is 0 Å². The van der Waals surface area contributed by atoms with Gasteiger partial charge in [0, 0.05) is 11.0 Å². The number of carbonyl (C=O) groups excluding carboxylic acids is 1. The highest BCUT2D eigenvalue weighted by Gasteiger charge is 2.18. The minimum absolute atomic E-state index is 0.356. The summed E-state index contributed by atoms with van der Waals surface area (Å²) >= 11 is 3.42. The molecule has 0 aliphatic heterocycles. The molecule has 1 rings (SSSR count). The van der Waals surface area contributed by atoms with E-state index in [1.165, 1.54) is 0 Å². The second-order valence-corrected chi connectivity index (χ2v) is 4.89. The number of halogens is 1. The Kier molecular flexibility index (Phi) is 4.72. The number of urea groups is 1. The maximum absolute atomic E-state index is 12.0. The zero-order valence-electron chi connectivity index (χ0n) is 10.7. The van der Waals surface area contributed by atoms with Crippen molar-refractivity contribution in [2.24, 2.45) is 5.73 Å². The van der Waals surface area contributed by atoms with Gasteiger partial charge in [-0.05, 0) is 44.0 Å². The number of rotatable bonds is 2. The Bertz CT molecular complexity index is 464. The molecule has 0 fully saturated rings. The molecule has 98 valence electrons. The van der Waals surface area contributed by atoms with Gasteiger partial charge in [-0.25, -0.2) is 4.79 Å². The van der Waals surface area contributed by atoms with Crippen molar-refractivity contribution in [3.63, 3.8) is 0 Å². The van der Waals surface area contributed by atoms with Crippen LogP contribution in [0.15, 0.2) is 16.6 Å². The van der Waals surface area contributed by atoms with Crippen LogP contribution >= 0.6 is 15.9 Å². The minimum Gasteiger partial charge on any atom is -0.370 e. The van der Waals surface area contributed by atoms with Gasteiger partial charge in [0.2, 0.25) is 0 Å². The van der Waals surface area contributed by atoms with E-state index in [2.05, 4.69) is 21.2 Å². The lowest BCUT2D eigenvalue weighted by Crippen LogP contribution is -2.46. The maximum Gasteiger partial charge on any atom is 0.328 e. The lowest BCUT2D eigenvalue weighted by Gasteiger charge is -2.25. The van der Waals surface area contributed by atoms with E-state index < -0.39 is 6.03 Å². The molecule has 18 heavy (non-hydrogen) atoms. The topological polar surface area (TPSA) is 82.2 Å². The summed E-state index contributed by atoms with van der Waals surface area (Å²) in [6.45, 7) is 6.26. The van der Waals surface area contributed by atoms with Gasteiger partial charge in [0.25, 0.3) is 0 Å². The van der Waals surface area contributed by atoms with Crippen molar-refractivity contribution >= 4 is 33.6 Å². The van der Waals surface area contributed by atoms with Crippen molar-refractivity contribution in [1.29, 1.82) is 5.41 Å². The Morgan fingerprint density at radius 1 is 1.44 bits per heavy atom. The van der Waals surface area contributed by atoms with Crippen LogP contribution in [-0.2, 0) is 0 Å². The first kappa shape index (κ1) is 14.5. The van der Waals surface area contributed by atoms with E-state index >= 15 is 0 Å². The van der Waals surface area contributed by atoms with Gasteiger partial charge in [0.05, 0.1) is 5.69 Å². The normalized spacial score (nSPS) is 10.0.